The third kappa shape index (κ3) is 1.67. The zero-order chi connectivity index (χ0) is 9.14. The van der Waals surface area contributed by atoms with Gasteiger partial charge in [0.05, 0.1) is 6.61 Å². The first-order valence-corrected chi connectivity index (χ1v) is 3.92. The maximum atomic E-state index is 11.0. The Bertz CT molecular complexity index is 209. The van der Waals surface area contributed by atoms with E-state index in [1.54, 1.807) is 0 Å². The Morgan fingerprint density at radius 3 is 2.83 bits per heavy atom. The molecule has 0 aromatic carbocycles. The molecule has 1 saturated heterocycles. The highest BCUT2D eigenvalue weighted by Gasteiger charge is 2.32. The number of halogens is 1. The summed E-state index contributed by atoms with van der Waals surface area (Å²) >= 11 is 5.30. The van der Waals surface area contributed by atoms with E-state index in [0.29, 0.717) is 0 Å². The summed E-state index contributed by atoms with van der Waals surface area (Å²) in [4.78, 5) is 23.0. The van der Waals surface area contributed by atoms with E-state index in [4.69, 9.17) is 22.1 Å². The molecule has 68 valence electrons. The van der Waals surface area contributed by atoms with Crippen LogP contribution in [-0.4, -0.2) is 42.0 Å². The summed E-state index contributed by atoms with van der Waals surface area (Å²) in [6, 6.07) is -0.656. The summed E-state index contributed by atoms with van der Waals surface area (Å²) in [7, 11) is 0. The van der Waals surface area contributed by atoms with E-state index >= 15 is 0 Å². The largest absolute Gasteiger partial charge is 0.368 e. The van der Waals surface area contributed by atoms with Gasteiger partial charge in [-0.05, 0) is 0 Å². The lowest BCUT2D eigenvalue weighted by atomic mass is 10.3. The van der Waals surface area contributed by atoms with E-state index in [9.17, 15) is 9.59 Å². The van der Waals surface area contributed by atoms with Crippen molar-refractivity contribution in [2.45, 2.75) is 6.04 Å². The molecule has 1 heterocycles. The van der Waals surface area contributed by atoms with Crippen LogP contribution in [0.5, 0.6) is 0 Å². The van der Waals surface area contributed by atoms with Crippen molar-refractivity contribution in [2.75, 3.05) is 19.2 Å². The van der Waals surface area contributed by atoms with Gasteiger partial charge in [-0.1, -0.05) is 0 Å². The first-order chi connectivity index (χ1) is 5.66. The van der Waals surface area contributed by atoms with Crippen LogP contribution < -0.4 is 5.73 Å². The predicted molar refractivity (Wildman–Crippen MR) is 41.4 cm³/mol. The molecule has 1 aliphatic rings. The van der Waals surface area contributed by atoms with Crippen LogP contribution in [0.25, 0.3) is 0 Å². The molecule has 2 N–H and O–H groups in total. The number of primary amides is 1. The second kappa shape index (κ2) is 3.73. The third-order valence-corrected chi connectivity index (χ3v) is 1.87. The van der Waals surface area contributed by atoms with Crippen molar-refractivity contribution in [3.8, 4) is 0 Å². The Labute approximate surface area is 74.4 Å². The van der Waals surface area contributed by atoms with Crippen LogP contribution in [0.2, 0.25) is 0 Å². The number of carbonyl (C=O) groups excluding carboxylic acids is 2. The smallest absolute Gasteiger partial charge is 0.242 e. The lowest BCUT2D eigenvalue weighted by Gasteiger charge is -2.18. The summed E-state index contributed by atoms with van der Waals surface area (Å²) in [5.74, 6) is -1.06. The van der Waals surface area contributed by atoms with Crippen LogP contribution in [0.4, 0.5) is 0 Å². The molecule has 0 aromatic heterocycles. The summed E-state index contributed by atoms with van der Waals surface area (Å²) in [6.07, 6.45) is 0. The average Bonchev–Trinajstić information content (AvgIpc) is 2.50. The maximum absolute atomic E-state index is 11.0. The van der Waals surface area contributed by atoms with Crippen LogP contribution >= 0.6 is 11.6 Å². The molecule has 1 rings (SSSR count). The Balaban J connectivity index is 2.63. The average molecular weight is 193 g/mol. The highest BCUT2D eigenvalue weighted by atomic mass is 35.5. The Kier molecular flexibility index (Phi) is 2.88. The van der Waals surface area contributed by atoms with Crippen molar-refractivity contribution >= 4 is 23.4 Å². The highest BCUT2D eigenvalue weighted by Crippen LogP contribution is 2.09. The SMILES string of the molecule is NC(=O)C1COCN1C(=O)CCl. The van der Waals surface area contributed by atoms with Gasteiger partial charge in [0.15, 0.2) is 0 Å². The van der Waals surface area contributed by atoms with E-state index < -0.39 is 11.9 Å². The molecule has 1 atom stereocenters. The van der Waals surface area contributed by atoms with Gasteiger partial charge < -0.3 is 15.4 Å². The Hall–Kier alpha value is -0.810. The van der Waals surface area contributed by atoms with Gasteiger partial charge in [0.25, 0.3) is 0 Å². The predicted octanol–water partition coefficient (Wildman–Crippen LogP) is -1.10. The first-order valence-electron chi connectivity index (χ1n) is 3.39. The molecular formula is C6H9ClN2O3. The molecule has 0 radical (unpaired) electrons. The number of nitrogens with zero attached hydrogens (tertiary/aromatic N) is 1. The molecule has 0 spiro atoms. The van der Waals surface area contributed by atoms with Crippen LogP contribution in [-0.2, 0) is 14.3 Å². The molecule has 12 heavy (non-hydrogen) atoms. The summed E-state index contributed by atoms with van der Waals surface area (Å²) in [6.45, 7) is 0.261. The first kappa shape index (κ1) is 9.28. The number of ether oxygens (including phenoxy) is 1. The molecule has 6 heteroatoms. The number of carbonyl (C=O) groups is 2. The topological polar surface area (TPSA) is 72.6 Å². The zero-order valence-electron chi connectivity index (χ0n) is 6.33. The van der Waals surface area contributed by atoms with Crippen molar-refractivity contribution in [3.63, 3.8) is 0 Å². The van der Waals surface area contributed by atoms with E-state index in [1.807, 2.05) is 0 Å². The number of nitrogens with two attached hydrogens (primary N) is 1. The van der Waals surface area contributed by atoms with Gasteiger partial charge in [-0.2, -0.15) is 0 Å². The van der Waals surface area contributed by atoms with Gasteiger partial charge in [-0.25, -0.2) is 0 Å². The van der Waals surface area contributed by atoms with Gasteiger partial charge in [0.1, 0.15) is 18.7 Å². The fourth-order valence-corrected chi connectivity index (χ4v) is 1.15. The summed E-state index contributed by atoms with van der Waals surface area (Å²) in [5.41, 5.74) is 5.02. The van der Waals surface area contributed by atoms with Gasteiger partial charge >= 0.3 is 0 Å². The number of hydrogen-bond donors (Lipinski definition) is 1. The molecular weight excluding hydrogens is 184 g/mol. The van der Waals surface area contributed by atoms with Crippen LogP contribution in [0.3, 0.4) is 0 Å². The van der Waals surface area contributed by atoms with Crippen LogP contribution in [0.1, 0.15) is 0 Å². The van der Waals surface area contributed by atoms with Gasteiger partial charge in [0.2, 0.25) is 11.8 Å². The number of amides is 2. The second-order valence-electron chi connectivity index (χ2n) is 2.42. The second-order valence-corrected chi connectivity index (χ2v) is 2.68. The summed E-state index contributed by atoms with van der Waals surface area (Å²) in [5, 5.41) is 0. The van der Waals surface area contributed by atoms with Gasteiger partial charge in [-0.3, -0.25) is 9.59 Å². The van der Waals surface area contributed by atoms with E-state index in [2.05, 4.69) is 0 Å². The minimum Gasteiger partial charge on any atom is -0.368 e. The number of alkyl halides is 1. The van der Waals surface area contributed by atoms with Crippen molar-refractivity contribution in [3.05, 3.63) is 0 Å². The molecule has 2 amide bonds. The molecule has 1 fully saturated rings. The minimum atomic E-state index is -0.656. The van der Waals surface area contributed by atoms with Crippen LogP contribution in [0.15, 0.2) is 0 Å². The Morgan fingerprint density at radius 1 is 1.67 bits per heavy atom. The molecule has 1 unspecified atom stereocenters. The standard InChI is InChI=1S/C6H9ClN2O3/c7-1-5(10)9-3-12-2-4(9)6(8)11/h4H,1-3H2,(H2,8,11). The quantitative estimate of drug-likeness (QED) is 0.565. The van der Waals surface area contributed by atoms with Crippen molar-refractivity contribution in [2.24, 2.45) is 5.73 Å². The third-order valence-electron chi connectivity index (χ3n) is 1.65. The van der Waals surface area contributed by atoms with E-state index in [1.165, 1.54) is 4.90 Å². The monoisotopic (exact) mass is 192 g/mol. The number of hydrogen-bond acceptors (Lipinski definition) is 3. The molecule has 5 nitrogen and oxygen atoms in total. The highest BCUT2D eigenvalue weighted by molar-refractivity contribution is 6.27. The number of rotatable bonds is 2. The lowest BCUT2D eigenvalue weighted by molar-refractivity contribution is -0.135. The molecule has 0 aromatic rings. The van der Waals surface area contributed by atoms with E-state index in [0.717, 1.165) is 0 Å². The fourth-order valence-electron chi connectivity index (χ4n) is 1.00. The van der Waals surface area contributed by atoms with Crippen LogP contribution in [0, 0.1) is 0 Å². The Morgan fingerprint density at radius 2 is 2.33 bits per heavy atom. The van der Waals surface area contributed by atoms with Crippen molar-refractivity contribution in [1.82, 2.24) is 4.90 Å². The van der Waals surface area contributed by atoms with Gasteiger partial charge in [-0.15, -0.1) is 11.6 Å². The van der Waals surface area contributed by atoms with Crippen molar-refractivity contribution in [1.29, 1.82) is 0 Å². The van der Waals surface area contributed by atoms with Crippen molar-refractivity contribution < 1.29 is 14.3 Å². The molecule has 0 aliphatic carbocycles. The summed E-state index contributed by atoms with van der Waals surface area (Å²) < 4.78 is 4.90. The minimum absolute atomic E-state index is 0.0964. The fraction of sp³-hybridized carbons (Fsp3) is 0.667. The zero-order valence-corrected chi connectivity index (χ0v) is 7.08. The molecule has 0 saturated carbocycles. The molecule has 0 bridgehead atoms. The lowest BCUT2D eigenvalue weighted by Crippen LogP contribution is -2.45. The van der Waals surface area contributed by atoms with E-state index in [-0.39, 0.29) is 25.1 Å². The maximum Gasteiger partial charge on any atom is 0.242 e. The van der Waals surface area contributed by atoms with Gasteiger partial charge in [0, 0.05) is 0 Å². The normalized spacial score (nSPS) is 22.8. The molecule has 1 aliphatic heterocycles.